The van der Waals surface area contributed by atoms with Crippen molar-refractivity contribution in [2.24, 2.45) is 5.73 Å². The van der Waals surface area contributed by atoms with Crippen molar-refractivity contribution in [3.05, 3.63) is 28.2 Å². The molecule has 0 amide bonds. The minimum absolute atomic E-state index is 0.0103. The summed E-state index contributed by atoms with van der Waals surface area (Å²) in [6, 6.07) is 5.46. The lowest BCUT2D eigenvalue weighted by molar-refractivity contribution is 0.0705. The minimum atomic E-state index is 0.0103. The molecule has 17 heavy (non-hydrogen) atoms. The molecule has 6 heteroatoms. The lowest BCUT2D eigenvalue weighted by Gasteiger charge is -2.11. The fourth-order valence-electron chi connectivity index (χ4n) is 1.20. The molecule has 94 valence electrons. The van der Waals surface area contributed by atoms with E-state index in [9.17, 15) is 0 Å². The number of aliphatic hydroxyl groups is 1. The number of hydrogen-bond donors (Lipinski definition) is 2. The van der Waals surface area contributed by atoms with Gasteiger partial charge in [-0.05, 0) is 18.2 Å². The molecule has 4 nitrogen and oxygen atoms in total. The van der Waals surface area contributed by atoms with E-state index in [2.05, 4.69) is 15.9 Å². The van der Waals surface area contributed by atoms with Crippen LogP contribution in [0, 0.1) is 0 Å². The molecule has 0 aliphatic carbocycles. The first-order valence-electron chi connectivity index (χ1n) is 5.06. The summed E-state index contributed by atoms with van der Waals surface area (Å²) < 4.78 is 11.5. The van der Waals surface area contributed by atoms with Gasteiger partial charge in [-0.1, -0.05) is 28.1 Å². The lowest BCUT2D eigenvalue weighted by atomic mass is 10.2. The van der Waals surface area contributed by atoms with Crippen molar-refractivity contribution in [2.75, 3.05) is 26.4 Å². The third kappa shape index (κ3) is 4.99. The number of halogens is 1. The van der Waals surface area contributed by atoms with E-state index in [1.807, 2.05) is 12.1 Å². The van der Waals surface area contributed by atoms with Gasteiger partial charge in [-0.2, -0.15) is 0 Å². The predicted octanol–water partition coefficient (Wildman–Crippen LogP) is 1.47. The lowest BCUT2D eigenvalue weighted by Crippen LogP contribution is -2.14. The average Bonchev–Trinajstić information content (AvgIpc) is 2.30. The smallest absolute Gasteiger partial charge is 0.129 e. The Labute approximate surface area is 114 Å². The minimum Gasteiger partial charge on any atom is -0.490 e. The van der Waals surface area contributed by atoms with E-state index >= 15 is 0 Å². The molecule has 0 bridgehead atoms. The zero-order chi connectivity index (χ0) is 12.7. The molecule has 0 atom stereocenters. The van der Waals surface area contributed by atoms with Crippen molar-refractivity contribution >= 4 is 33.1 Å². The summed E-state index contributed by atoms with van der Waals surface area (Å²) in [5.74, 6) is 0.633. The SMILES string of the molecule is NC(=S)c1cc(Br)ccc1OCCOCCO. The van der Waals surface area contributed by atoms with Crippen LogP contribution in [-0.4, -0.2) is 36.5 Å². The first-order valence-corrected chi connectivity index (χ1v) is 6.26. The molecule has 0 saturated heterocycles. The summed E-state index contributed by atoms with van der Waals surface area (Å²) in [4.78, 5) is 0.289. The van der Waals surface area contributed by atoms with Crippen molar-refractivity contribution in [1.29, 1.82) is 0 Å². The van der Waals surface area contributed by atoms with Crippen LogP contribution in [0.1, 0.15) is 5.56 Å². The van der Waals surface area contributed by atoms with Gasteiger partial charge in [0.1, 0.15) is 17.3 Å². The molecule has 1 rings (SSSR count). The van der Waals surface area contributed by atoms with Crippen molar-refractivity contribution < 1.29 is 14.6 Å². The highest BCUT2D eigenvalue weighted by Gasteiger charge is 2.07. The molecular weight excluding hydrogens is 306 g/mol. The molecule has 0 aromatic heterocycles. The van der Waals surface area contributed by atoms with Crippen LogP contribution >= 0.6 is 28.1 Å². The second-order valence-corrected chi connectivity index (χ2v) is 4.54. The van der Waals surface area contributed by atoms with Gasteiger partial charge in [0.05, 0.1) is 25.4 Å². The van der Waals surface area contributed by atoms with Crippen LogP contribution in [0.5, 0.6) is 5.75 Å². The van der Waals surface area contributed by atoms with E-state index in [0.29, 0.717) is 31.1 Å². The summed E-state index contributed by atoms with van der Waals surface area (Å²) in [6.45, 7) is 1.12. The molecule has 0 aliphatic rings. The molecular formula is C11H14BrNO3S. The van der Waals surface area contributed by atoms with Gasteiger partial charge in [0, 0.05) is 4.47 Å². The van der Waals surface area contributed by atoms with E-state index in [1.165, 1.54) is 0 Å². The molecule has 0 fully saturated rings. The maximum atomic E-state index is 8.53. The van der Waals surface area contributed by atoms with Gasteiger partial charge in [0.15, 0.2) is 0 Å². The Morgan fingerprint density at radius 2 is 2.12 bits per heavy atom. The third-order valence-electron chi connectivity index (χ3n) is 1.93. The number of nitrogens with two attached hydrogens (primary N) is 1. The van der Waals surface area contributed by atoms with E-state index in [1.54, 1.807) is 6.07 Å². The Balaban J connectivity index is 2.55. The first kappa shape index (κ1) is 14.4. The highest BCUT2D eigenvalue weighted by molar-refractivity contribution is 9.10. The largest absolute Gasteiger partial charge is 0.490 e. The number of thiocarbonyl (C=S) groups is 1. The van der Waals surface area contributed by atoms with Gasteiger partial charge in [0.2, 0.25) is 0 Å². The van der Waals surface area contributed by atoms with Crippen molar-refractivity contribution in [2.45, 2.75) is 0 Å². The van der Waals surface area contributed by atoms with Crippen LogP contribution in [0.3, 0.4) is 0 Å². The molecule has 1 aromatic carbocycles. The van der Waals surface area contributed by atoms with Crippen LogP contribution in [0.2, 0.25) is 0 Å². The molecule has 1 aromatic rings. The molecule has 0 heterocycles. The van der Waals surface area contributed by atoms with Gasteiger partial charge in [0.25, 0.3) is 0 Å². The third-order valence-corrected chi connectivity index (χ3v) is 2.64. The summed E-state index contributed by atoms with van der Waals surface area (Å²) in [5, 5.41) is 8.53. The molecule has 0 aliphatic heterocycles. The normalized spacial score (nSPS) is 10.2. The van der Waals surface area contributed by atoms with Gasteiger partial charge in [-0.3, -0.25) is 0 Å². The topological polar surface area (TPSA) is 64.7 Å². The molecule has 0 saturated carbocycles. The predicted molar refractivity (Wildman–Crippen MR) is 73.4 cm³/mol. The Bertz CT molecular complexity index is 387. The number of benzene rings is 1. The van der Waals surface area contributed by atoms with Crippen LogP contribution in [-0.2, 0) is 4.74 Å². The van der Waals surface area contributed by atoms with Crippen molar-refractivity contribution in [3.63, 3.8) is 0 Å². The highest BCUT2D eigenvalue weighted by Crippen LogP contribution is 2.23. The maximum Gasteiger partial charge on any atom is 0.129 e. The van der Waals surface area contributed by atoms with E-state index in [-0.39, 0.29) is 11.6 Å². The zero-order valence-corrected chi connectivity index (χ0v) is 11.6. The summed E-state index contributed by atoms with van der Waals surface area (Å²) >= 11 is 8.29. The molecule has 3 N–H and O–H groups in total. The van der Waals surface area contributed by atoms with Crippen molar-refractivity contribution in [1.82, 2.24) is 0 Å². The second kappa shape index (κ2) is 7.60. The van der Waals surface area contributed by atoms with Crippen LogP contribution in [0.25, 0.3) is 0 Å². The molecule has 0 spiro atoms. The van der Waals surface area contributed by atoms with E-state index < -0.39 is 0 Å². The van der Waals surface area contributed by atoms with E-state index in [0.717, 1.165) is 4.47 Å². The molecule has 0 unspecified atom stereocenters. The quantitative estimate of drug-likeness (QED) is 0.588. The Kier molecular flexibility index (Phi) is 6.43. The number of ether oxygens (including phenoxy) is 2. The average molecular weight is 320 g/mol. The fourth-order valence-corrected chi connectivity index (χ4v) is 1.72. The van der Waals surface area contributed by atoms with Crippen LogP contribution < -0.4 is 10.5 Å². The number of hydrogen-bond acceptors (Lipinski definition) is 4. The zero-order valence-electron chi connectivity index (χ0n) is 9.19. The Morgan fingerprint density at radius 3 is 2.76 bits per heavy atom. The monoisotopic (exact) mass is 319 g/mol. The summed E-state index contributed by atoms with van der Waals surface area (Å²) in [5.41, 5.74) is 6.29. The Hall–Kier alpha value is -0.690. The molecule has 0 radical (unpaired) electrons. The Morgan fingerprint density at radius 1 is 1.35 bits per heavy atom. The standard InChI is InChI=1S/C11H14BrNO3S/c12-8-1-2-10(9(7-8)11(13)17)16-6-5-15-4-3-14/h1-2,7,14H,3-6H2,(H2,13,17). The second-order valence-electron chi connectivity index (χ2n) is 3.19. The number of rotatable bonds is 7. The van der Waals surface area contributed by atoms with Gasteiger partial charge in [-0.15, -0.1) is 0 Å². The van der Waals surface area contributed by atoms with Gasteiger partial charge >= 0.3 is 0 Å². The summed E-state index contributed by atoms with van der Waals surface area (Å²) in [7, 11) is 0. The van der Waals surface area contributed by atoms with E-state index in [4.69, 9.17) is 32.5 Å². The number of aliphatic hydroxyl groups excluding tert-OH is 1. The summed E-state index contributed by atoms with van der Waals surface area (Å²) in [6.07, 6.45) is 0. The van der Waals surface area contributed by atoms with Crippen molar-refractivity contribution in [3.8, 4) is 5.75 Å². The van der Waals surface area contributed by atoms with Gasteiger partial charge < -0.3 is 20.3 Å². The van der Waals surface area contributed by atoms with Crippen LogP contribution in [0.4, 0.5) is 0 Å². The highest BCUT2D eigenvalue weighted by atomic mass is 79.9. The van der Waals surface area contributed by atoms with Crippen LogP contribution in [0.15, 0.2) is 22.7 Å². The fraction of sp³-hybridized carbons (Fsp3) is 0.364. The maximum absolute atomic E-state index is 8.53. The van der Waals surface area contributed by atoms with Gasteiger partial charge in [-0.25, -0.2) is 0 Å². The first-order chi connectivity index (χ1) is 8.15.